The smallest absolute Gasteiger partial charge is 0.253 e. The van der Waals surface area contributed by atoms with Crippen LogP contribution < -0.4 is 5.32 Å². The van der Waals surface area contributed by atoms with E-state index in [4.69, 9.17) is 0 Å². The first-order valence-electron chi connectivity index (χ1n) is 7.19. The lowest BCUT2D eigenvalue weighted by Crippen LogP contribution is -2.52. The Morgan fingerprint density at radius 3 is 2.79 bits per heavy atom. The summed E-state index contributed by atoms with van der Waals surface area (Å²) in [5.74, 6) is 0.159. The molecular weight excluding hydrogens is 238 g/mol. The fourth-order valence-electron chi connectivity index (χ4n) is 3.44. The molecule has 3 rings (SSSR count). The van der Waals surface area contributed by atoms with E-state index in [0.29, 0.717) is 5.41 Å². The van der Waals surface area contributed by atoms with Crippen LogP contribution in [0.25, 0.3) is 0 Å². The fourth-order valence-corrected chi connectivity index (χ4v) is 3.44. The maximum absolute atomic E-state index is 12.5. The van der Waals surface area contributed by atoms with Gasteiger partial charge < -0.3 is 10.2 Å². The summed E-state index contributed by atoms with van der Waals surface area (Å²) >= 11 is 0. The van der Waals surface area contributed by atoms with Gasteiger partial charge >= 0.3 is 0 Å². The van der Waals surface area contributed by atoms with Crippen molar-refractivity contribution in [3.63, 3.8) is 0 Å². The number of pyridine rings is 1. The summed E-state index contributed by atoms with van der Waals surface area (Å²) in [6, 6.07) is 3.62. The van der Waals surface area contributed by atoms with Crippen molar-refractivity contribution >= 4 is 5.91 Å². The second-order valence-electron chi connectivity index (χ2n) is 5.85. The third-order valence-corrected chi connectivity index (χ3v) is 4.44. The molecule has 1 N–H and O–H groups in total. The zero-order valence-corrected chi connectivity index (χ0v) is 11.3. The van der Waals surface area contributed by atoms with Crippen molar-refractivity contribution in [2.45, 2.75) is 25.7 Å². The van der Waals surface area contributed by atoms with E-state index in [0.717, 1.165) is 38.2 Å². The Morgan fingerprint density at radius 1 is 1.26 bits per heavy atom. The van der Waals surface area contributed by atoms with Crippen LogP contribution >= 0.6 is 0 Å². The predicted molar refractivity (Wildman–Crippen MR) is 73.9 cm³/mol. The van der Waals surface area contributed by atoms with Crippen LogP contribution in [0.15, 0.2) is 24.5 Å². The highest BCUT2D eigenvalue weighted by atomic mass is 16.2. The van der Waals surface area contributed by atoms with Gasteiger partial charge in [0.1, 0.15) is 0 Å². The highest BCUT2D eigenvalue weighted by Gasteiger charge is 2.38. The molecule has 4 heteroatoms. The van der Waals surface area contributed by atoms with Crippen LogP contribution in [-0.4, -0.2) is 42.0 Å². The number of amides is 1. The minimum atomic E-state index is 0.159. The van der Waals surface area contributed by atoms with Crippen molar-refractivity contribution in [1.82, 2.24) is 15.2 Å². The van der Waals surface area contributed by atoms with Crippen molar-refractivity contribution in [3.8, 4) is 0 Å². The number of nitrogens with zero attached hydrogens (tertiary/aromatic N) is 2. The van der Waals surface area contributed by atoms with Gasteiger partial charge in [0.05, 0.1) is 0 Å². The molecule has 2 saturated heterocycles. The minimum absolute atomic E-state index is 0.159. The van der Waals surface area contributed by atoms with Crippen LogP contribution in [0, 0.1) is 5.41 Å². The van der Waals surface area contributed by atoms with Gasteiger partial charge in [-0.3, -0.25) is 9.78 Å². The number of piperidine rings is 2. The normalized spacial score (nSPS) is 27.5. The van der Waals surface area contributed by atoms with Gasteiger partial charge in [-0.2, -0.15) is 0 Å². The first-order valence-corrected chi connectivity index (χ1v) is 7.19. The lowest BCUT2D eigenvalue weighted by atomic mass is 9.74. The van der Waals surface area contributed by atoms with E-state index < -0.39 is 0 Å². The Bertz CT molecular complexity index is 434. The molecule has 102 valence electrons. The molecule has 1 aromatic heterocycles. The molecule has 1 amide bonds. The first kappa shape index (κ1) is 12.6. The van der Waals surface area contributed by atoms with Crippen LogP contribution in [0.3, 0.4) is 0 Å². The highest BCUT2D eigenvalue weighted by molar-refractivity contribution is 5.94. The van der Waals surface area contributed by atoms with E-state index in [1.54, 1.807) is 12.4 Å². The SMILES string of the molecule is O=C(c1ccncc1)N1CCCC2(CCCNC2)C1. The van der Waals surface area contributed by atoms with Crippen LogP contribution in [-0.2, 0) is 0 Å². The molecule has 0 aromatic carbocycles. The summed E-state index contributed by atoms with van der Waals surface area (Å²) in [7, 11) is 0. The van der Waals surface area contributed by atoms with Crippen molar-refractivity contribution in [3.05, 3.63) is 30.1 Å². The van der Waals surface area contributed by atoms with Crippen LogP contribution in [0.2, 0.25) is 0 Å². The lowest BCUT2D eigenvalue weighted by Gasteiger charge is -2.45. The molecule has 1 spiro atoms. The van der Waals surface area contributed by atoms with E-state index in [-0.39, 0.29) is 5.91 Å². The average Bonchev–Trinajstić information content (AvgIpc) is 2.48. The second kappa shape index (κ2) is 5.29. The third kappa shape index (κ3) is 2.63. The van der Waals surface area contributed by atoms with Gasteiger partial charge in [-0.15, -0.1) is 0 Å². The van der Waals surface area contributed by atoms with Gasteiger partial charge in [-0.1, -0.05) is 0 Å². The van der Waals surface area contributed by atoms with E-state index in [1.807, 2.05) is 17.0 Å². The number of aromatic nitrogens is 1. The average molecular weight is 259 g/mol. The molecule has 2 aliphatic rings. The summed E-state index contributed by atoms with van der Waals surface area (Å²) in [5.41, 5.74) is 1.08. The molecule has 1 aromatic rings. The van der Waals surface area contributed by atoms with E-state index in [2.05, 4.69) is 10.3 Å². The predicted octanol–water partition coefficient (Wildman–Crippen LogP) is 1.69. The van der Waals surface area contributed by atoms with Crippen molar-refractivity contribution < 1.29 is 4.79 Å². The maximum Gasteiger partial charge on any atom is 0.253 e. The Kier molecular flexibility index (Phi) is 3.51. The van der Waals surface area contributed by atoms with Gasteiger partial charge in [-0.25, -0.2) is 0 Å². The van der Waals surface area contributed by atoms with Crippen LogP contribution in [0.1, 0.15) is 36.0 Å². The lowest BCUT2D eigenvalue weighted by molar-refractivity contribution is 0.0434. The summed E-state index contributed by atoms with van der Waals surface area (Å²) in [6.45, 7) is 3.98. The summed E-state index contributed by atoms with van der Waals surface area (Å²) < 4.78 is 0. The molecule has 2 aliphatic heterocycles. The largest absolute Gasteiger partial charge is 0.338 e. The number of carbonyl (C=O) groups excluding carboxylic acids is 1. The van der Waals surface area contributed by atoms with Gasteiger partial charge in [0.2, 0.25) is 0 Å². The van der Waals surface area contributed by atoms with Gasteiger partial charge in [0, 0.05) is 43.0 Å². The summed E-state index contributed by atoms with van der Waals surface area (Å²) in [5, 5.41) is 3.50. The zero-order valence-electron chi connectivity index (χ0n) is 11.3. The number of hydrogen-bond acceptors (Lipinski definition) is 3. The molecule has 2 fully saturated rings. The third-order valence-electron chi connectivity index (χ3n) is 4.44. The van der Waals surface area contributed by atoms with Crippen molar-refractivity contribution in [2.24, 2.45) is 5.41 Å². The van der Waals surface area contributed by atoms with E-state index in [1.165, 1.54) is 19.3 Å². The Hall–Kier alpha value is -1.42. The van der Waals surface area contributed by atoms with Gasteiger partial charge in [0.15, 0.2) is 0 Å². The number of nitrogens with one attached hydrogen (secondary N) is 1. The summed E-state index contributed by atoms with van der Waals surface area (Å²) in [4.78, 5) is 18.5. The van der Waals surface area contributed by atoms with E-state index >= 15 is 0 Å². The molecule has 0 radical (unpaired) electrons. The molecular formula is C15H21N3O. The Labute approximate surface area is 114 Å². The van der Waals surface area contributed by atoms with Crippen LogP contribution in [0.5, 0.6) is 0 Å². The molecule has 0 aliphatic carbocycles. The number of rotatable bonds is 1. The molecule has 3 heterocycles. The van der Waals surface area contributed by atoms with E-state index in [9.17, 15) is 4.79 Å². The second-order valence-corrected chi connectivity index (χ2v) is 5.85. The highest BCUT2D eigenvalue weighted by Crippen LogP contribution is 2.36. The molecule has 19 heavy (non-hydrogen) atoms. The van der Waals surface area contributed by atoms with Gasteiger partial charge in [-0.05, 0) is 44.4 Å². The molecule has 0 saturated carbocycles. The fraction of sp³-hybridized carbons (Fsp3) is 0.600. The first-order chi connectivity index (χ1) is 9.29. The standard InChI is InChI=1S/C15H21N3O/c19-14(13-3-8-16-9-4-13)18-10-2-6-15(12-18)5-1-7-17-11-15/h3-4,8-9,17H,1-2,5-7,10-12H2. The molecule has 0 bridgehead atoms. The zero-order chi connectivity index (χ0) is 13.1. The monoisotopic (exact) mass is 259 g/mol. The van der Waals surface area contributed by atoms with Gasteiger partial charge in [0.25, 0.3) is 5.91 Å². The number of carbonyl (C=O) groups is 1. The molecule has 4 nitrogen and oxygen atoms in total. The maximum atomic E-state index is 12.5. The van der Waals surface area contributed by atoms with Crippen LogP contribution in [0.4, 0.5) is 0 Å². The molecule has 1 atom stereocenters. The quantitative estimate of drug-likeness (QED) is 0.834. The minimum Gasteiger partial charge on any atom is -0.338 e. The Morgan fingerprint density at radius 2 is 2.05 bits per heavy atom. The number of likely N-dealkylation sites (tertiary alicyclic amines) is 1. The van der Waals surface area contributed by atoms with Crippen molar-refractivity contribution in [2.75, 3.05) is 26.2 Å². The number of hydrogen-bond donors (Lipinski definition) is 1. The topological polar surface area (TPSA) is 45.2 Å². The van der Waals surface area contributed by atoms with Crippen molar-refractivity contribution in [1.29, 1.82) is 0 Å². The summed E-state index contributed by atoms with van der Waals surface area (Å²) in [6.07, 6.45) is 8.24. The Balaban J connectivity index is 1.73. The molecule has 1 unspecified atom stereocenters.